The third-order valence-electron chi connectivity index (χ3n) is 3.44. The van der Waals surface area contributed by atoms with E-state index in [-0.39, 0.29) is 11.4 Å². The second kappa shape index (κ2) is 10.9. The maximum Gasteiger partial charge on any atom is 0.490 e. The Morgan fingerprint density at radius 1 is 1.03 bits per heavy atom. The number of ether oxygens (including phenoxy) is 1. The molecule has 0 aromatic carbocycles. The van der Waals surface area contributed by atoms with E-state index in [9.17, 15) is 28.7 Å². The third kappa shape index (κ3) is 8.68. The van der Waals surface area contributed by atoms with Gasteiger partial charge in [-0.05, 0) is 0 Å². The Balaban J connectivity index is 0.000000347. The number of hydrogen-bond acceptors (Lipinski definition) is 13. The monoisotopic (exact) mass is 531 g/mol. The highest BCUT2D eigenvalue weighted by atomic mass is 31.3. The van der Waals surface area contributed by atoms with E-state index in [1.807, 2.05) is 0 Å². The molecule has 0 saturated carbocycles. The van der Waals surface area contributed by atoms with Gasteiger partial charge in [-0.3, -0.25) is 4.57 Å². The third-order valence-corrected chi connectivity index (χ3v) is 6.79. The van der Waals surface area contributed by atoms with Gasteiger partial charge >= 0.3 is 29.2 Å². The Hall–Kier alpha value is -1.11. The molecule has 11 N–H and O–H groups in total. The van der Waals surface area contributed by atoms with E-state index >= 15 is 0 Å². The number of nitrogens with two attached hydrogens (primary N) is 1. The minimum atomic E-state index is -5.46. The number of phosphoric acid groups is 3. The lowest BCUT2D eigenvalue weighted by Crippen LogP contribution is -2.36. The van der Waals surface area contributed by atoms with E-state index in [0.717, 1.165) is 4.57 Å². The van der Waals surface area contributed by atoms with Crippen molar-refractivity contribution in [3.8, 4) is 0 Å². The minimum Gasteiger partial charge on any atom is -0.394 e. The lowest BCUT2D eigenvalue weighted by atomic mass is 10.1. The molecule has 1 fully saturated rings. The molecule has 32 heavy (non-hydrogen) atoms. The zero-order valence-electron chi connectivity index (χ0n) is 15.5. The number of aliphatic hydroxyl groups is 4. The number of nitrogens with zero attached hydrogens (tertiary/aromatic N) is 2. The summed E-state index contributed by atoms with van der Waals surface area (Å²) in [4.78, 5) is 55.4. The molecular weight excluding hydrogens is 511 g/mol. The summed E-state index contributed by atoms with van der Waals surface area (Å²) in [6.45, 7) is -0.938. The molecule has 0 spiro atoms. The van der Waals surface area contributed by atoms with Gasteiger partial charge in [-0.2, -0.15) is 13.6 Å². The highest BCUT2D eigenvalue weighted by molar-refractivity contribution is 7.66. The van der Waals surface area contributed by atoms with Crippen LogP contribution in [0.3, 0.4) is 0 Å². The van der Waals surface area contributed by atoms with Crippen LogP contribution in [0.2, 0.25) is 0 Å². The van der Waals surface area contributed by atoms with E-state index in [1.54, 1.807) is 0 Å². The van der Waals surface area contributed by atoms with Crippen LogP contribution in [0.1, 0.15) is 11.8 Å². The molecule has 4 atom stereocenters. The van der Waals surface area contributed by atoms with E-state index < -0.39 is 66.9 Å². The van der Waals surface area contributed by atoms with Crippen LogP contribution >= 0.6 is 23.5 Å². The molecule has 1 aliphatic heterocycles. The molecule has 0 bridgehead atoms. The second-order valence-electron chi connectivity index (χ2n) is 5.84. The standard InChI is InChI=1S/C10H15N3O6.H5O10P3/c11-8-4(2-14)1-13(10(18)12-8)9-7(17)6(16)5(3-15)19-9;1-11(2,3)9-13(7,8)10-12(4,5)6/h1,5-7,9,14-17H,2-3H2,(H2,11,12,18);(H,7,8)(H2,1,2,3)(H2,4,5,6)/t5-,6-,7-,9-;/m1./s1. The van der Waals surface area contributed by atoms with Crippen LogP contribution in [0.4, 0.5) is 5.82 Å². The van der Waals surface area contributed by atoms with E-state index in [4.69, 9.17) is 45.2 Å². The molecule has 1 aromatic rings. The van der Waals surface area contributed by atoms with Crippen molar-refractivity contribution in [2.24, 2.45) is 0 Å². The molecule has 2 rings (SSSR count). The maximum atomic E-state index is 11.7. The average Bonchev–Trinajstić information content (AvgIpc) is 2.86. The molecule has 0 radical (unpaired) electrons. The summed E-state index contributed by atoms with van der Waals surface area (Å²) in [6.07, 6.45) is -3.71. The molecule has 1 aromatic heterocycles. The van der Waals surface area contributed by atoms with Gasteiger partial charge in [0.2, 0.25) is 0 Å². The Morgan fingerprint density at radius 3 is 1.91 bits per heavy atom. The highest BCUT2D eigenvalue weighted by Crippen LogP contribution is 2.64. The summed E-state index contributed by atoms with van der Waals surface area (Å²) < 4.78 is 42.5. The minimum absolute atomic E-state index is 0.115. The molecular formula is C10H20N3O16P3. The fourth-order valence-electron chi connectivity index (χ4n) is 2.22. The largest absolute Gasteiger partial charge is 0.490 e. The number of anilines is 1. The van der Waals surface area contributed by atoms with Gasteiger partial charge in [-0.25, -0.2) is 18.5 Å². The van der Waals surface area contributed by atoms with Crippen molar-refractivity contribution >= 4 is 29.3 Å². The van der Waals surface area contributed by atoms with Crippen LogP contribution in [-0.4, -0.2) is 79.4 Å². The van der Waals surface area contributed by atoms with Gasteiger partial charge in [-0.1, -0.05) is 0 Å². The zero-order valence-corrected chi connectivity index (χ0v) is 18.2. The Morgan fingerprint density at radius 2 is 1.53 bits per heavy atom. The first-order chi connectivity index (χ1) is 14.4. The lowest BCUT2D eigenvalue weighted by molar-refractivity contribution is -0.0551. The maximum absolute atomic E-state index is 11.7. The Labute approximate surface area is 177 Å². The normalized spacial score (nSPS) is 24.2. The lowest BCUT2D eigenvalue weighted by Gasteiger charge is -2.18. The van der Waals surface area contributed by atoms with Crippen molar-refractivity contribution in [1.29, 1.82) is 0 Å². The van der Waals surface area contributed by atoms with Gasteiger partial charge in [0, 0.05) is 11.8 Å². The summed E-state index contributed by atoms with van der Waals surface area (Å²) in [5.41, 5.74) is 4.84. The van der Waals surface area contributed by atoms with Gasteiger partial charge in [-0.15, -0.1) is 0 Å². The van der Waals surface area contributed by atoms with Crippen LogP contribution in [-0.2, 0) is 33.7 Å². The number of rotatable bonds is 7. The van der Waals surface area contributed by atoms with E-state index in [0.29, 0.717) is 0 Å². The van der Waals surface area contributed by atoms with Gasteiger partial charge < -0.3 is 55.4 Å². The fraction of sp³-hybridized carbons (Fsp3) is 0.600. The van der Waals surface area contributed by atoms with Gasteiger partial charge in [0.25, 0.3) is 0 Å². The van der Waals surface area contributed by atoms with Crippen molar-refractivity contribution in [3.05, 3.63) is 22.2 Å². The van der Waals surface area contributed by atoms with Gasteiger partial charge in [0.05, 0.1) is 13.2 Å². The molecule has 1 saturated heterocycles. The van der Waals surface area contributed by atoms with E-state index in [2.05, 4.69) is 13.6 Å². The average molecular weight is 531 g/mol. The molecule has 1 aliphatic rings. The summed E-state index contributed by atoms with van der Waals surface area (Å²) in [5, 5.41) is 37.5. The van der Waals surface area contributed by atoms with Crippen molar-refractivity contribution in [1.82, 2.24) is 9.55 Å². The number of hydrogen-bond donors (Lipinski definition) is 10. The van der Waals surface area contributed by atoms with Crippen LogP contribution < -0.4 is 11.4 Å². The quantitative estimate of drug-likeness (QED) is 0.151. The van der Waals surface area contributed by atoms with Gasteiger partial charge in [0.15, 0.2) is 6.23 Å². The zero-order chi connectivity index (χ0) is 25.1. The fourth-order valence-corrected chi connectivity index (χ4v) is 4.76. The van der Waals surface area contributed by atoms with Crippen molar-refractivity contribution < 1.29 is 71.9 Å². The van der Waals surface area contributed by atoms with E-state index in [1.165, 1.54) is 6.20 Å². The van der Waals surface area contributed by atoms with Crippen LogP contribution in [0.25, 0.3) is 0 Å². The molecule has 0 aliphatic carbocycles. The Kier molecular flexibility index (Phi) is 9.83. The summed E-state index contributed by atoms with van der Waals surface area (Å²) in [5.74, 6) is -0.115. The highest BCUT2D eigenvalue weighted by Gasteiger charge is 2.44. The number of aromatic nitrogens is 2. The molecule has 0 unspecified atom stereocenters. The van der Waals surface area contributed by atoms with Crippen LogP contribution in [0.5, 0.6) is 0 Å². The summed E-state index contributed by atoms with van der Waals surface area (Å²) in [6, 6.07) is 0. The first kappa shape index (κ1) is 28.9. The van der Waals surface area contributed by atoms with Crippen LogP contribution in [0.15, 0.2) is 11.0 Å². The van der Waals surface area contributed by atoms with Crippen molar-refractivity contribution in [3.63, 3.8) is 0 Å². The number of nitrogen functional groups attached to an aromatic ring is 1. The molecule has 22 heteroatoms. The van der Waals surface area contributed by atoms with Crippen molar-refractivity contribution in [2.75, 3.05) is 12.3 Å². The first-order valence-electron chi connectivity index (χ1n) is 7.88. The first-order valence-corrected chi connectivity index (χ1v) is 12.4. The van der Waals surface area contributed by atoms with Crippen molar-refractivity contribution in [2.45, 2.75) is 31.1 Å². The second-order valence-corrected chi connectivity index (χ2v) is 10.0. The smallest absolute Gasteiger partial charge is 0.394 e. The molecule has 186 valence electrons. The SMILES string of the molecule is Nc1nc(=O)n([C@@H]2O[C@H](CO)[C@@H](O)[C@H]2O)cc1CO.O=P(O)(O)OP(=O)(O)OP(=O)(O)O. The molecule has 0 amide bonds. The summed E-state index contributed by atoms with van der Waals surface area (Å²) >= 11 is 0. The van der Waals surface area contributed by atoms with Gasteiger partial charge in [0.1, 0.15) is 24.1 Å². The number of aliphatic hydroxyl groups excluding tert-OH is 4. The Bertz CT molecular complexity index is 960. The molecule has 19 nitrogen and oxygen atoms in total. The topological polar surface area (TPSA) is 322 Å². The summed E-state index contributed by atoms with van der Waals surface area (Å²) in [7, 11) is -16.2. The predicted molar refractivity (Wildman–Crippen MR) is 97.9 cm³/mol. The van der Waals surface area contributed by atoms with Crippen LogP contribution in [0, 0.1) is 0 Å². The molecule has 2 heterocycles. The predicted octanol–water partition coefficient (Wildman–Crippen LogP) is -3.77.